The minimum absolute atomic E-state index is 1.22. The summed E-state index contributed by atoms with van der Waals surface area (Å²) in [5.74, 6) is 0. The predicted octanol–water partition coefficient (Wildman–Crippen LogP) is 15.3. The van der Waals surface area contributed by atoms with E-state index in [4.69, 9.17) is 0 Å². The lowest BCUT2D eigenvalue weighted by molar-refractivity contribution is 0.512. The molecule has 0 aliphatic carbocycles. The van der Waals surface area contributed by atoms with E-state index in [0.717, 1.165) is 0 Å². The molecule has 0 aliphatic rings. The topological polar surface area (TPSA) is 0 Å². The van der Waals surface area contributed by atoms with Crippen molar-refractivity contribution in [2.45, 2.75) is 212 Å². The van der Waals surface area contributed by atoms with Crippen LogP contribution in [-0.4, -0.2) is 0 Å². The molecule has 0 amide bonds. The summed E-state index contributed by atoms with van der Waals surface area (Å²) in [4.78, 5) is 0. The van der Waals surface area contributed by atoms with Crippen LogP contribution in [-0.2, 0) is 0 Å². The van der Waals surface area contributed by atoms with Crippen LogP contribution in [0.25, 0.3) is 0 Å². The van der Waals surface area contributed by atoms with Gasteiger partial charge in [-0.05, 0) is 12.8 Å². The molecule has 0 rings (SSSR count). The summed E-state index contributed by atoms with van der Waals surface area (Å²) in [6, 6.07) is 0. The molecule has 0 nitrogen and oxygen atoms in total. The standard InChI is InChI=1S/C41H76/c1-3-5-7-9-11-13-15-17-19-21-23-25-27-29-31-33-35-37-39-41-40-38-36-34-32-30-28-26-24-22-20-18-16-14-12-10-8-6-4-2/h3,5,7,9,11,13,15H,1,4,6,8,10,12,14,16-41H2,2H3. The van der Waals surface area contributed by atoms with Gasteiger partial charge < -0.3 is 0 Å². The van der Waals surface area contributed by atoms with Gasteiger partial charge in [0.15, 0.2) is 0 Å². The number of hydrogen-bond acceptors (Lipinski definition) is 0. The largest absolute Gasteiger partial charge is 0.0991 e. The summed E-state index contributed by atoms with van der Waals surface area (Å²) >= 11 is 0. The number of hydrogen-bond donors (Lipinski definition) is 0. The number of rotatable bonds is 35. The zero-order chi connectivity index (χ0) is 29.6. The van der Waals surface area contributed by atoms with Crippen molar-refractivity contribution in [1.29, 1.82) is 0 Å². The van der Waals surface area contributed by atoms with Crippen LogP contribution in [0.5, 0.6) is 0 Å². The molecule has 0 aliphatic heterocycles. The highest BCUT2D eigenvalue weighted by molar-refractivity contribution is 5.14. The molecule has 0 atom stereocenters. The van der Waals surface area contributed by atoms with Crippen molar-refractivity contribution >= 4 is 0 Å². The fourth-order valence-electron chi connectivity index (χ4n) is 5.91. The normalized spacial score (nSPS) is 12.0. The average Bonchev–Trinajstić information content (AvgIpc) is 2.98. The van der Waals surface area contributed by atoms with Gasteiger partial charge in [0.2, 0.25) is 0 Å². The highest BCUT2D eigenvalue weighted by atomic mass is 14.0. The van der Waals surface area contributed by atoms with Crippen LogP contribution in [0.2, 0.25) is 0 Å². The molecule has 240 valence electrons. The number of allylic oxidation sites excluding steroid dienone is 7. The van der Waals surface area contributed by atoms with E-state index in [1.807, 2.05) is 12.2 Å². The van der Waals surface area contributed by atoms with Gasteiger partial charge in [0.05, 0.1) is 0 Å². The first-order valence-corrected chi connectivity index (χ1v) is 19.0. The van der Waals surface area contributed by atoms with Crippen molar-refractivity contribution in [1.82, 2.24) is 0 Å². The Morgan fingerprint density at radius 1 is 0.293 bits per heavy atom. The van der Waals surface area contributed by atoms with E-state index in [1.165, 1.54) is 205 Å². The minimum atomic E-state index is 1.22. The monoisotopic (exact) mass is 569 g/mol. The second kappa shape index (κ2) is 39.0. The molecular weight excluding hydrogens is 492 g/mol. The third kappa shape index (κ3) is 39.0. The van der Waals surface area contributed by atoms with E-state index in [-0.39, 0.29) is 0 Å². The molecule has 0 aromatic carbocycles. The summed E-state index contributed by atoms with van der Waals surface area (Å²) in [5, 5.41) is 0. The SMILES string of the molecule is C=CC=CC=CC=CCCCCCCCCCCCCCCCCCCCCCCCCCCCCCCCCC. The van der Waals surface area contributed by atoms with Gasteiger partial charge in [0.25, 0.3) is 0 Å². The van der Waals surface area contributed by atoms with Gasteiger partial charge in [-0.3, -0.25) is 0 Å². The summed E-state index contributed by atoms with van der Waals surface area (Å²) < 4.78 is 0. The maximum Gasteiger partial charge on any atom is -0.0348 e. The molecule has 0 heterocycles. The molecule has 0 aromatic rings. The first-order chi connectivity index (χ1) is 20.4. The van der Waals surface area contributed by atoms with Gasteiger partial charge in [-0.2, -0.15) is 0 Å². The summed E-state index contributed by atoms with van der Waals surface area (Å²) in [6.45, 7) is 5.97. The smallest absolute Gasteiger partial charge is 0.0348 e. The molecule has 0 aromatic heterocycles. The van der Waals surface area contributed by atoms with Crippen LogP contribution >= 0.6 is 0 Å². The highest BCUT2D eigenvalue weighted by Crippen LogP contribution is 2.16. The first-order valence-electron chi connectivity index (χ1n) is 19.0. The quantitative estimate of drug-likeness (QED) is 0.0527. The van der Waals surface area contributed by atoms with Gasteiger partial charge in [-0.15, -0.1) is 0 Å². The third-order valence-electron chi connectivity index (χ3n) is 8.69. The Bertz CT molecular complexity index is 550. The van der Waals surface area contributed by atoms with E-state index in [0.29, 0.717) is 0 Å². The average molecular weight is 569 g/mol. The molecule has 0 fully saturated rings. The van der Waals surface area contributed by atoms with Crippen LogP contribution in [0, 0.1) is 0 Å². The molecule has 0 unspecified atom stereocenters. The van der Waals surface area contributed by atoms with E-state index >= 15 is 0 Å². The second-order valence-electron chi connectivity index (χ2n) is 12.8. The lowest BCUT2D eigenvalue weighted by Gasteiger charge is -2.04. The highest BCUT2D eigenvalue weighted by Gasteiger charge is 1.97. The molecular formula is C41H76. The zero-order valence-electron chi connectivity index (χ0n) is 28.4. The van der Waals surface area contributed by atoms with Crippen LogP contribution in [0.15, 0.2) is 49.1 Å². The number of unbranched alkanes of at least 4 members (excludes halogenated alkanes) is 31. The Balaban J connectivity index is 3.08. The lowest BCUT2D eigenvalue weighted by atomic mass is 10.0. The van der Waals surface area contributed by atoms with Crippen LogP contribution in [0.3, 0.4) is 0 Å². The predicted molar refractivity (Wildman–Crippen MR) is 191 cm³/mol. The van der Waals surface area contributed by atoms with Crippen molar-refractivity contribution in [3.05, 3.63) is 49.1 Å². The van der Waals surface area contributed by atoms with E-state index in [2.05, 4.69) is 37.8 Å². The molecule has 0 N–H and O–H groups in total. The minimum Gasteiger partial charge on any atom is -0.0991 e. The maximum absolute atomic E-state index is 3.67. The van der Waals surface area contributed by atoms with Gasteiger partial charge in [-0.25, -0.2) is 0 Å². The molecule has 0 radical (unpaired) electrons. The fraction of sp³-hybridized carbons (Fsp3) is 0.805. The van der Waals surface area contributed by atoms with E-state index in [1.54, 1.807) is 6.08 Å². The Morgan fingerprint density at radius 3 is 0.829 bits per heavy atom. The van der Waals surface area contributed by atoms with Crippen molar-refractivity contribution in [2.24, 2.45) is 0 Å². The Morgan fingerprint density at radius 2 is 0.537 bits per heavy atom. The van der Waals surface area contributed by atoms with Gasteiger partial charge >= 0.3 is 0 Å². The second-order valence-corrected chi connectivity index (χ2v) is 12.8. The van der Waals surface area contributed by atoms with Gasteiger partial charge in [-0.1, -0.05) is 249 Å². The van der Waals surface area contributed by atoms with Crippen molar-refractivity contribution in [3.63, 3.8) is 0 Å². The third-order valence-corrected chi connectivity index (χ3v) is 8.69. The molecule has 41 heavy (non-hydrogen) atoms. The van der Waals surface area contributed by atoms with Crippen molar-refractivity contribution in [2.75, 3.05) is 0 Å². The Hall–Kier alpha value is -1.04. The lowest BCUT2D eigenvalue weighted by Crippen LogP contribution is -1.85. The summed E-state index contributed by atoms with van der Waals surface area (Å²) in [5.41, 5.74) is 0. The van der Waals surface area contributed by atoms with Crippen LogP contribution in [0.1, 0.15) is 212 Å². The Kier molecular flexibility index (Phi) is 38.0. The van der Waals surface area contributed by atoms with Crippen molar-refractivity contribution in [3.8, 4) is 0 Å². The van der Waals surface area contributed by atoms with E-state index < -0.39 is 0 Å². The maximum atomic E-state index is 3.67. The van der Waals surface area contributed by atoms with Crippen LogP contribution < -0.4 is 0 Å². The van der Waals surface area contributed by atoms with E-state index in [9.17, 15) is 0 Å². The van der Waals surface area contributed by atoms with Crippen molar-refractivity contribution < 1.29 is 0 Å². The molecule has 0 bridgehead atoms. The fourth-order valence-corrected chi connectivity index (χ4v) is 5.91. The Labute approximate surface area is 261 Å². The molecule has 0 spiro atoms. The summed E-state index contributed by atoms with van der Waals surface area (Å²) in [6.07, 6.45) is 61.0. The summed E-state index contributed by atoms with van der Waals surface area (Å²) in [7, 11) is 0. The molecule has 0 saturated heterocycles. The first kappa shape index (κ1) is 40.0. The molecule has 0 saturated carbocycles. The van der Waals surface area contributed by atoms with Crippen LogP contribution in [0.4, 0.5) is 0 Å². The van der Waals surface area contributed by atoms with Gasteiger partial charge in [0, 0.05) is 0 Å². The molecule has 0 heteroatoms. The zero-order valence-corrected chi connectivity index (χ0v) is 28.4. The van der Waals surface area contributed by atoms with Gasteiger partial charge in [0.1, 0.15) is 0 Å².